The van der Waals surface area contributed by atoms with E-state index in [-0.39, 0.29) is 30.3 Å². The van der Waals surface area contributed by atoms with Crippen molar-refractivity contribution in [3.63, 3.8) is 0 Å². The van der Waals surface area contributed by atoms with Crippen LogP contribution in [0, 0.1) is 0 Å². The van der Waals surface area contributed by atoms with Crippen molar-refractivity contribution >= 4 is 11.8 Å². The van der Waals surface area contributed by atoms with Crippen LogP contribution in [0.5, 0.6) is 0 Å². The highest BCUT2D eigenvalue weighted by Gasteiger charge is 2.32. The van der Waals surface area contributed by atoms with E-state index in [0.29, 0.717) is 26.3 Å². The van der Waals surface area contributed by atoms with E-state index >= 15 is 0 Å². The van der Waals surface area contributed by atoms with Gasteiger partial charge < -0.3 is 10.1 Å². The van der Waals surface area contributed by atoms with Gasteiger partial charge in [0.05, 0.1) is 13.2 Å². The van der Waals surface area contributed by atoms with Crippen molar-refractivity contribution in [2.45, 2.75) is 32.4 Å². The van der Waals surface area contributed by atoms with E-state index in [2.05, 4.69) is 10.7 Å². The van der Waals surface area contributed by atoms with Crippen LogP contribution < -0.4 is 16.6 Å². The third-order valence-electron chi connectivity index (χ3n) is 3.03. The van der Waals surface area contributed by atoms with Crippen LogP contribution in [0.25, 0.3) is 0 Å². The lowest BCUT2D eigenvalue weighted by molar-refractivity contribution is -0.136. The molecule has 0 spiro atoms. The molecular formula is C11H22N4O3. The fourth-order valence-electron chi connectivity index (χ4n) is 2.11. The first-order chi connectivity index (χ1) is 8.60. The Bertz CT molecular complexity index is 298. The third-order valence-corrected chi connectivity index (χ3v) is 3.03. The minimum Gasteiger partial charge on any atom is -0.378 e. The molecule has 4 N–H and O–H groups in total. The van der Waals surface area contributed by atoms with Crippen LogP contribution in [-0.2, 0) is 14.3 Å². The first kappa shape index (κ1) is 14.9. The lowest BCUT2D eigenvalue weighted by atomic mass is 10.1. The number of hydrogen-bond acceptors (Lipinski definition) is 5. The maximum atomic E-state index is 11.9. The zero-order valence-corrected chi connectivity index (χ0v) is 10.9. The Morgan fingerprint density at radius 3 is 2.89 bits per heavy atom. The van der Waals surface area contributed by atoms with Gasteiger partial charge in [-0.3, -0.25) is 19.9 Å². The highest BCUT2D eigenvalue weighted by atomic mass is 16.5. The predicted octanol–water partition coefficient (Wildman–Crippen LogP) is -1.41. The molecule has 0 aromatic heterocycles. The largest absolute Gasteiger partial charge is 0.378 e. The number of nitrogens with two attached hydrogens (primary N) is 1. The van der Waals surface area contributed by atoms with Crippen LogP contribution in [0.4, 0.5) is 0 Å². The molecule has 1 saturated heterocycles. The molecule has 104 valence electrons. The van der Waals surface area contributed by atoms with Crippen LogP contribution in [-0.4, -0.2) is 55.1 Å². The van der Waals surface area contributed by atoms with E-state index in [9.17, 15) is 9.59 Å². The molecule has 0 saturated carbocycles. The zero-order chi connectivity index (χ0) is 13.5. The lowest BCUT2D eigenvalue weighted by Crippen LogP contribution is -2.57. The molecule has 1 aliphatic rings. The van der Waals surface area contributed by atoms with E-state index in [1.54, 1.807) is 0 Å². The number of ether oxygens (including phenoxy) is 1. The molecule has 7 heteroatoms. The van der Waals surface area contributed by atoms with Crippen LogP contribution in [0.15, 0.2) is 0 Å². The summed E-state index contributed by atoms with van der Waals surface area (Å²) in [6.45, 7) is 5.94. The summed E-state index contributed by atoms with van der Waals surface area (Å²) in [4.78, 5) is 25.2. The number of morpholine rings is 1. The summed E-state index contributed by atoms with van der Waals surface area (Å²) in [6.07, 6.45) is 0.270. The highest BCUT2D eigenvalue weighted by molar-refractivity contribution is 5.82. The smallest absolute Gasteiger partial charge is 0.239 e. The summed E-state index contributed by atoms with van der Waals surface area (Å²) in [6, 6.07) is -0.385. The maximum Gasteiger partial charge on any atom is 0.239 e. The minimum absolute atomic E-state index is 0.0509. The molecule has 0 aromatic carbocycles. The molecule has 18 heavy (non-hydrogen) atoms. The standard InChI is InChI=1S/C11H22N4O3/c1-3-13-11(17)9-7-18-5-4-15(9)8(2)6-10(16)14-12/h8-9H,3-7,12H2,1-2H3,(H,13,17)(H,14,16). The Labute approximate surface area is 107 Å². The second kappa shape index (κ2) is 7.30. The average Bonchev–Trinajstić information content (AvgIpc) is 2.38. The molecule has 0 bridgehead atoms. The van der Waals surface area contributed by atoms with Crippen molar-refractivity contribution < 1.29 is 14.3 Å². The van der Waals surface area contributed by atoms with Gasteiger partial charge in [-0.05, 0) is 13.8 Å². The van der Waals surface area contributed by atoms with E-state index in [1.807, 2.05) is 18.7 Å². The summed E-state index contributed by atoms with van der Waals surface area (Å²) in [5.41, 5.74) is 2.11. The van der Waals surface area contributed by atoms with Gasteiger partial charge in [-0.25, -0.2) is 5.84 Å². The van der Waals surface area contributed by atoms with E-state index in [1.165, 1.54) is 0 Å². The van der Waals surface area contributed by atoms with Crippen LogP contribution in [0.3, 0.4) is 0 Å². The molecule has 2 amide bonds. The first-order valence-corrected chi connectivity index (χ1v) is 6.20. The summed E-state index contributed by atoms with van der Waals surface area (Å²) >= 11 is 0. The molecule has 2 unspecified atom stereocenters. The Morgan fingerprint density at radius 2 is 2.28 bits per heavy atom. The quantitative estimate of drug-likeness (QED) is 0.320. The number of hydrogen-bond donors (Lipinski definition) is 3. The Hall–Kier alpha value is -1.18. The molecule has 0 aliphatic carbocycles. The number of nitrogens with one attached hydrogen (secondary N) is 2. The topological polar surface area (TPSA) is 96.7 Å². The molecule has 0 radical (unpaired) electrons. The van der Waals surface area contributed by atoms with E-state index < -0.39 is 0 Å². The molecule has 0 aromatic rings. The van der Waals surface area contributed by atoms with Crippen molar-refractivity contribution in [2.24, 2.45) is 5.84 Å². The maximum absolute atomic E-state index is 11.9. The minimum atomic E-state index is -0.334. The fraction of sp³-hybridized carbons (Fsp3) is 0.818. The van der Waals surface area contributed by atoms with Crippen LogP contribution in [0.1, 0.15) is 20.3 Å². The van der Waals surface area contributed by atoms with Gasteiger partial charge >= 0.3 is 0 Å². The van der Waals surface area contributed by atoms with Gasteiger partial charge in [0, 0.05) is 25.6 Å². The van der Waals surface area contributed by atoms with Gasteiger partial charge in [-0.1, -0.05) is 0 Å². The summed E-state index contributed by atoms with van der Waals surface area (Å²) < 4.78 is 5.33. The molecule has 1 rings (SSSR count). The number of carbonyl (C=O) groups excluding carboxylic acids is 2. The van der Waals surface area contributed by atoms with Gasteiger partial charge in [0.2, 0.25) is 11.8 Å². The summed E-state index contributed by atoms with van der Waals surface area (Å²) in [5, 5.41) is 2.78. The number of hydrazine groups is 1. The number of carbonyl (C=O) groups is 2. The first-order valence-electron chi connectivity index (χ1n) is 6.20. The van der Waals surface area contributed by atoms with Crippen LogP contribution in [0.2, 0.25) is 0 Å². The third kappa shape index (κ3) is 3.94. The van der Waals surface area contributed by atoms with Crippen molar-refractivity contribution in [2.75, 3.05) is 26.3 Å². The Balaban J connectivity index is 2.63. The van der Waals surface area contributed by atoms with Crippen molar-refractivity contribution in [3.8, 4) is 0 Å². The summed E-state index contributed by atoms with van der Waals surface area (Å²) in [7, 11) is 0. The van der Waals surface area contributed by atoms with Gasteiger partial charge in [-0.2, -0.15) is 0 Å². The van der Waals surface area contributed by atoms with Gasteiger partial charge in [0.15, 0.2) is 0 Å². The van der Waals surface area contributed by atoms with Crippen LogP contribution >= 0.6 is 0 Å². The van der Waals surface area contributed by atoms with E-state index in [4.69, 9.17) is 10.6 Å². The van der Waals surface area contributed by atoms with Crippen molar-refractivity contribution in [1.29, 1.82) is 0 Å². The number of likely N-dealkylation sites (N-methyl/N-ethyl adjacent to an activating group) is 1. The van der Waals surface area contributed by atoms with Crippen molar-refractivity contribution in [3.05, 3.63) is 0 Å². The Kier molecular flexibility index (Phi) is 6.03. The molecular weight excluding hydrogens is 236 g/mol. The molecule has 7 nitrogen and oxygen atoms in total. The number of amides is 2. The van der Waals surface area contributed by atoms with Crippen molar-refractivity contribution in [1.82, 2.24) is 15.6 Å². The summed E-state index contributed by atoms with van der Waals surface area (Å²) in [5.74, 6) is 4.78. The second-order valence-electron chi connectivity index (χ2n) is 4.34. The normalized spacial score (nSPS) is 22.3. The zero-order valence-electron chi connectivity index (χ0n) is 10.9. The lowest BCUT2D eigenvalue weighted by Gasteiger charge is -2.38. The predicted molar refractivity (Wildman–Crippen MR) is 66.4 cm³/mol. The monoisotopic (exact) mass is 258 g/mol. The van der Waals surface area contributed by atoms with Gasteiger partial charge in [0.25, 0.3) is 0 Å². The molecule has 2 atom stereocenters. The fourth-order valence-corrected chi connectivity index (χ4v) is 2.11. The number of rotatable bonds is 5. The average molecular weight is 258 g/mol. The SMILES string of the molecule is CCNC(=O)C1COCCN1C(C)CC(=O)NN. The molecule has 1 heterocycles. The van der Waals surface area contributed by atoms with E-state index in [0.717, 1.165) is 0 Å². The second-order valence-corrected chi connectivity index (χ2v) is 4.34. The van der Waals surface area contributed by atoms with Gasteiger partial charge in [-0.15, -0.1) is 0 Å². The number of nitrogens with zero attached hydrogens (tertiary/aromatic N) is 1. The van der Waals surface area contributed by atoms with Gasteiger partial charge in [0.1, 0.15) is 6.04 Å². The molecule has 1 fully saturated rings. The molecule has 1 aliphatic heterocycles. The Morgan fingerprint density at radius 1 is 1.56 bits per heavy atom. The highest BCUT2D eigenvalue weighted by Crippen LogP contribution is 2.13.